The van der Waals surface area contributed by atoms with Crippen molar-refractivity contribution in [3.63, 3.8) is 0 Å². The van der Waals surface area contributed by atoms with Crippen molar-refractivity contribution in [1.29, 1.82) is 0 Å². The number of hydrogen-bond donors (Lipinski definition) is 4. The molecule has 0 radical (unpaired) electrons. The highest BCUT2D eigenvalue weighted by atomic mass is 33.1. The van der Waals surface area contributed by atoms with E-state index in [1.54, 1.807) is 24.3 Å². The third kappa shape index (κ3) is 10.3. The van der Waals surface area contributed by atoms with Crippen molar-refractivity contribution in [3.8, 4) is 0 Å². The maximum absolute atomic E-state index is 12.7. The van der Waals surface area contributed by atoms with E-state index in [1.807, 2.05) is 38.1 Å². The third-order valence-corrected chi connectivity index (χ3v) is 7.49. The second-order valence-corrected chi connectivity index (χ2v) is 10.1. The van der Waals surface area contributed by atoms with Gasteiger partial charge in [-0.05, 0) is 37.1 Å². The lowest BCUT2D eigenvalue weighted by atomic mass is 10.2. The van der Waals surface area contributed by atoms with Crippen LogP contribution in [0.25, 0.3) is 0 Å². The van der Waals surface area contributed by atoms with E-state index in [9.17, 15) is 19.2 Å². The Hall–Kier alpha value is -2.98. The van der Waals surface area contributed by atoms with Gasteiger partial charge in [0.25, 0.3) is 11.8 Å². The number of carbonyl (C=O) groups is 4. The van der Waals surface area contributed by atoms with Gasteiger partial charge in [-0.3, -0.25) is 19.2 Å². The molecule has 0 saturated heterocycles. The molecule has 0 aromatic heterocycles. The van der Waals surface area contributed by atoms with Crippen LogP contribution >= 0.6 is 21.6 Å². The van der Waals surface area contributed by atoms with Crippen molar-refractivity contribution < 1.29 is 19.2 Å². The molecule has 36 heavy (non-hydrogen) atoms. The van der Waals surface area contributed by atoms with Gasteiger partial charge in [-0.15, -0.1) is 0 Å². The van der Waals surface area contributed by atoms with Crippen LogP contribution in [0, 0.1) is 0 Å². The van der Waals surface area contributed by atoms with Gasteiger partial charge in [0.1, 0.15) is 0 Å². The smallest absolute Gasteiger partial charge is 0.252 e. The molecule has 0 aliphatic rings. The van der Waals surface area contributed by atoms with Gasteiger partial charge >= 0.3 is 0 Å². The Bertz CT molecular complexity index is 951. The number of benzene rings is 2. The third-order valence-electron chi connectivity index (χ3n) is 5.01. The standard InChI is InChI=1S/C26H34N4O4S2/c1-3-5-15-27-23(31)17-29-25(33)19-11-7-9-13-21(19)35-36-22-14-10-8-12-20(22)26(34)30-18-24(32)28-16-6-4-2/h7-14H,3-6,15-18H2,1-2H3,(H,27,31)(H,28,32)(H,29,33)(H,30,34). The Morgan fingerprint density at radius 2 is 1.00 bits per heavy atom. The van der Waals surface area contributed by atoms with Gasteiger partial charge < -0.3 is 21.3 Å². The average Bonchev–Trinajstić information content (AvgIpc) is 2.89. The van der Waals surface area contributed by atoms with E-state index >= 15 is 0 Å². The number of hydrogen-bond acceptors (Lipinski definition) is 6. The zero-order valence-electron chi connectivity index (χ0n) is 20.7. The van der Waals surface area contributed by atoms with Crippen LogP contribution in [0.4, 0.5) is 0 Å². The molecule has 194 valence electrons. The molecule has 0 aliphatic carbocycles. The number of unbranched alkanes of at least 4 members (excludes halogenated alkanes) is 2. The average molecular weight is 531 g/mol. The molecule has 2 rings (SSSR count). The summed E-state index contributed by atoms with van der Waals surface area (Å²) in [6, 6.07) is 14.2. The lowest BCUT2D eigenvalue weighted by molar-refractivity contribution is -0.120. The maximum atomic E-state index is 12.7. The highest BCUT2D eigenvalue weighted by molar-refractivity contribution is 8.76. The van der Waals surface area contributed by atoms with E-state index < -0.39 is 0 Å². The molecule has 4 N–H and O–H groups in total. The summed E-state index contributed by atoms with van der Waals surface area (Å²) in [7, 11) is 2.69. The molecule has 8 nitrogen and oxygen atoms in total. The molecule has 0 bridgehead atoms. The fourth-order valence-corrected chi connectivity index (χ4v) is 5.35. The van der Waals surface area contributed by atoms with Crippen molar-refractivity contribution in [2.45, 2.75) is 49.3 Å². The summed E-state index contributed by atoms with van der Waals surface area (Å²) >= 11 is 0. The minimum atomic E-state index is -0.343. The first-order valence-corrected chi connectivity index (χ1v) is 14.2. The lowest BCUT2D eigenvalue weighted by Gasteiger charge is -2.12. The zero-order valence-corrected chi connectivity index (χ0v) is 22.4. The van der Waals surface area contributed by atoms with Gasteiger partial charge in [-0.25, -0.2) is 0 Å². The molecule has 0 atom stereocenters. The SMILES string of the molecule is CCCCNC(=O)CNC(=O)c1ccccc1SSc1ccccc1C(=O)NCC(=O)NCCCC. The summed E-state index contributed by atoms with van der Waals surface area (Å²) < 4.78 is 0. The van der Waals surface area contributed by atoms with Gasteiger partial charge in [0.2, 0.25) is 11.8 Å². The molecule has 4 amide bonds. The van der Waals surface area contributed by atoms with Crippen molar-refractivity contribution in [1.82, 2.24) is 21.3 Å². The second-order valence-electron chi connectivity index (χ2n) is 7.93. The first-order valence-electron chi connectivity index (χ1n) is 12.1. The van der Waals surface area contributed by atoms with E-state index in [1.165, 1.54) is 21.6 Å². The van der Waals surface area contributed by atoms with Crippen LogP contribution in [0.15, 0.2) is 58.3 Å². The monoisotopic (exact) mass is 530 g/mol. The lowest BCUT2D eigenvalue weighted by Crippen LogP contribution is -2.37. The predicted molar refractivity (Wildman–Crippen MR) is 145 cm³/mol. The van der Waals surface area contributed by atoms with Crippen molar-refractivity contribution >= 4 is 45.2 Å². The first kappa shape index (κ1) is 29.3. The van der Waals surface area contributed by atoms with Gasteiger partial charge in [-0.2, -0.15) is 0 Å². The fraction of sp³-hybridized carbons (Fsp3) is 0.385. The molecule has 0 spiro atoms. The molecule has 2 aromatic carbocycles. The predicted octanol–water partition coefficient (Wildman–Crippen LogP) is 3.78. The minimum Gasteiger partial charge on any atom is -0.355 e. The number of nitrogens with one attached hydrogen (secondary N) is 4. The Morgan fingerprint density at radius 1 is 0.611 bits per heavy atom. The van der Waals surface area contributed by atoms with Gasteiger partial charge in [0, 0.05) is 22.9 Å². The van der Waals surface area contributed by atoms with Crippen LogP contribution in [0.1, 0.15) is 60.2 Å². The van der Waals surface area contributed by atoms with E-state index in [-0.39, 0.29) is 36.7 Å². The Labute approximate surface area is 220 Å². The molecule has 0 saturated carbocycles. The summed E-state index contributed by atoms with van der Waals surface area (Å²) in [6.45, 7) is 5.07. The minimum absolute atomic E-state index is 0.0935. The number of carbonyl (C=O) groups excluding carboxylic acids is 4. The molecule has 2 aromatic rings. The summed E-state index contributed by atoms with van der Waals surface area (Å²) in [5.41, 5.74) is 0.893. The van der Waals surface area contributed by atoms with Crippen LogP contribution in [0.2, 0.25) is 0 Å². The first-order chi connectivity index (χ1) is 17.5. The summed E-state index contributed by atoms with van der Waals surface area (Å²) in [5, 5.41) is 10.9. The summed E-state index contributed by atoms with van der Waals surface area (Å²) in [6.07, 6.45) is 3.74. The van der Waals surface area contributed by atoms with E-state index in [2.05, 4.69) is 21.3 Å². The van der Waals surface area contributed by atoms with Gasteiger partial charge in [0.05, 0.1) is 24.2 Å². The molecular formula is C26H34N4O4S2. The van der Waals surface area contributed by atoms with Gasteiger partial charge in [0.15, 0.2) is 0 Å². The van der Waals surface area contributed by atoms with Crippen LogP contribution in [0.5, 0.6) is 0 Å². The second kappa shape index (κ2) is 16.6. The number of amides is 4. The Kier molecular flexibility index (Phi) is 13.5. The largest absolute Gasteiger partial charge is 0.355 e. The van der Waals surface area contributed by atoms with Crippen LogP contribution in [-0.4, -0.2) is 49.8 Å². The quantitative estimate of drug-likeness (QED) is 0.206. The van der Waals surface area contributed by atoms with Crippen molar-refractivity contribution in [2.75, 3.05) is 26.2 Å². The van der Waals surface area contributed by atoms with E-state index in [0.717, 1.165) is 25.7 Å². The highest BCUT2D eigenvalue weighted by Crippen LogP contribution is 2.40. The molecular weight excluding hydrogens is 496 g/mol. The molecule has 0 aliphatic heterocycles. The highest BCUT2D eigenvalue weighted by Gasteiger charge is 2.16. The Balaban J connectivity index is 1.96. The number of rotatable bonds is 15. The van der Waals surface area contributed by atoms with Crippen LogP contribution in [-0.2, 0) is 9.59 Å². The van der Waals surface area contributed by atoms with Crippen molar-refractivity contribution in [2.24, 2.45) is 0 Å². The van der Waals surface area contributed by atoms with E-state index in [0.29, 0.717) is 34.0 Å². The molecule has 10 heteroatoms. The molecule has 0 heterocycles. The van der Waals surface area contributed by atoms with E-state index in [4.69, 9.17) is 0 Å². The topological polar surface area (TPSA) is 116 Å². The summed E-state index contributed by atoms with van der Waals surface area (Å²) in [5.74, 6) is -1.14. The van der Waals surface area contributed by atoms with Crippen LogP contribution in [0.3, 0.4) is 0 Å². The Morgan fingerprint density at radius 3 is 1.39 bits per heavy atom. The van der Waals surface area contributed by atoms with Crippen LogP contribution < -0.4 is 21.3 Å². The maximum Gasteiger partial charge on any atom is 0.252 e. The fourth-order valence-electron chi connectivity index (χ4n) is 2.99. The molecule has 0 fully saturated rings. The summed E-state index contributed by atoms with van der Waals surface area (Å²) in [4.78, 5) is 50.7. The van der Waals surface area contributed by atoms with Crippen molar-refractivity contribution in [3.05, 3.63) is 59.7 Å². The normalized spacial score (nSPS) is 10.4. The molecule has 0 unspecified atom stereocenters. The van der Waals surface area contributed by atoms with Gasteiger partial charge in [-0.1, -0.05) is 72.5 Å². The zero-order chi connectivity index (χ0) is 26.2.